The number of nitrogen functional groups attached to an aromatic ring is 1. The highest BCUT2D eigenvalue weighted by atomic mass is 35.5. The highest BCUT2D eigenvalue weighted by Crippen LogP contribution is 2.22. The van der Waals surface area contributed by atoms with Crippen molar-refractivity contribution in [2.24, 2.45) is 0 Å². The summed E-state index contributed by atoms with van der Waals surface area (Å²) in [6, 6.07) is 1.97. The maximum atomic E-state index is 6.01. The van der Waals surface area contributed by atoms with E-state index in [9.17, 15) is 0 Å². The average molecular weight is 254 g/mol. The second kappa shape index (κ2) is 4.79. The number of hydrogen-bond acceptors (Lipinski definition) is 3. The summed E-state index contributed by atoms with van der Waals surface area (Å²) >= 11 is 6.01. The molecule has 0 unspecified atom stereocenters. The first kappa shape index (κ1) is 12.0. The smallest absolute Gasteiger partial charge is 0.141 e. The number of rotatable bonds is 4. The molecule has 5 nitrogen and oxygen atoms in total. The number of aryl methyl sites for hydroxylation is 2. The van der Waals surface area contributed by atoms with Crippen LogP contribution in [0.25, 0.3) is 0 Å². The molecular formula is C11H16ClN5. The normalized spacial score (nSPS) is 11.0. The molecule has 92 valence electrons. The molecule has 0 bridgehead atoms. The van der Waals surface area contributed by atoms with Gasteiger partial charge in [0.15, 0.2) is 0 Å². The first-order valence-corrected chi connectivity index (χ1v) is 6.00. The number of nitrogens with two attached hydrogens (primary N) is 1. The summed E-state index contributed by atoms with van der Waals surface area (Å²) in [5.41, 5.74) is 7.72. The maximum Gasteiger partial charge on any atom is 0.141 e. The Kier molecular flexibility index (Phi) is 3.38. The minimum atomic E-state index is 0.508. The zero-order chi connectivity index (χ0) is 12.4. The molecule has 0 aromatic carbocycles. The van der Waals surface area contributed by atoms with E-state index in [1.807, 2.05) is 17.7 Å². The summed E-state index contributed by atoms with van der Waals surface area (Å²) in [4.78, 5) is 0. The van der Waals surface area contributed by atoms with Gasteiger partial charge in [0, 0.05) is 12.7 Å². The molecule has 6 heteroatoms. The molecule has 2 aromatic rings. The molecule has 2 N–H and O–H groups in total. The van der Waals surface area contributed by atoms with Crippen LogP contribution >= 0.6 is 11.6 Å². The van der Waals surface area contributed by atoms with Crippen molar-refractivity contribution in [3.8, 4) is 0 Å². The van der Waals surface area contributed by atoms with Crippen molar-refractivity contribution >= 4 is 17.4 Å². The van der Waals surface area contributed by atoms with Crippen LogP contribution in [0.1, 0.15) is 24.7 Å². The monoisotopic (exact) mass is 253 g/mol. The Morgan fingerprint density at radius 3 is 2.76 bits per heavy atom. The maximum absolute atomic E-state index is 6.01. The molecule has 2 aromatic heterocycles. The average Bonchev–Trinajstić information content (AvgIpc) is 2.82. The van der Waals surface area contributed by atoms with Crippen LogP contribution in [0.4, 0.5) is 5.82 Å². The predicted octanol–water partition coefficient (Wildman–Crippen LogP) is 2.08. The van der Waals surface area contributed by atoms with Gasteiger partial charge in [0.25, 0.3) is 0 Å². The summed E-state index contributed by atoms with van der Waals surface area (Å²) < 4.78 is 3.67. The first-order chi connectivity index (χ1) is 8.13. The van der Waals surface area contributed by atoms with E-state index in [1.165, 1.54) is 0 Å². The molecule has 0 radical (unpaired) electrons. The van der Waals surface area contributed by atoms with E-state index in [0.29, 0.717) is 17.4 Å². The van der Waals surface area contributed by atoms with E-state index in [4.69, 9.17) is 17.3 Å². The van der Waals surface area contributed by atoms with Crippen LogP contribution in [0.5, 0.6) is 0 Å². The first-order valence-electron chi connectivity index (χ1n) is 5.62. The molecule has 2 heterocycles. The molecule has 0 amide bonds. The van der Waals surface area contributed by atoms with Crippen LogP contribution < -0.4 is 5.73 Å². The Morgan fingerprint density at radius 2 is 2.18 bits per heavy atom. The quantitative estimate of drug-likeness (QED) is 0.908. The molecular weight excluding hydrogens is 238 g/mol. The standard InChI is InChI=1S/C11H16ClN5/c1-3-6-16-9(4-5-14-16)7-17-11(13)10(12)8(2)15-17/h4-5H,3,6-7,13H2,1-2H3. The van der Waals surface area contributed by atoms with Gasteiger partial charge >= 0.3 is 0 Å². The molecule has 0 fully saturated rings. The van der Waals surface area contributed by atoms with Crippen molar-refractivity contribution in [3.63, 3.8) is 0 Å². The van der Waals surface area contributed by atoms with Gasteiger partial charge in [-0.1, -0.05) is 18.5 Å². The third-order valence-electron chi connectivity index (χ3n) is 2.64. The zero-order valence-electron chi connectivity index (χ0n) is 10.0. The summed E-state index contributed by atoms with van der Waals surface area (Å²) in [7, 11) is 0. The van der Waals surface area contributed by atoms with Gasteiger partial charge < -0.3 is 5.73 Å². The van der Waals surface area contributed by atoms with Crippen molar-refractivity contribution in [1.82, 2.24) is 19.6 Å². The molecule has 0 atom stereocenters. The van der Waals surface area contributed by atoms with Crippen molar-refractivity contribution in [3.05, 3.63) is 28.7 Å². The van der Waals surface area contributed by atoms with E-state index in [1.54, 1.807) is 10.9 Å². The lowest BCUT2D eigenvalue weighted by atomic mass is 10.4. The third-order valence-corrected chi connectivity index (χ3v) is 3.11. The summed E-state index contributed by atoms with van der Waals surface area (Å²) in [6.07, 6.45) is 2.84. The van der Waals surface area contributed by atoms with E-state index < -0.39 is 0 Å². The fourth-order valence-corrected chi connectivity index (χ4v) is 1.89. The van der Waals surface area contributed by atoms with Crippen LogP contribution in [-0.2, 0) is 13.1 Å². The third kappa shape index (κ3) is 2.29. The fraction of sp³-hybridized carbons (Fsp3) is 0.455. The lowest BCUT2D eigenvalue weighted by Gasteiger charge is -2.07. The Hall–Kier alpha value is -1.49. The van der Waals surface area contributed by atoms with Gasteiger partial charge in [-0.15, -0.1) is 0 Å². The Labute approximate surface area is 105 Å². The lowest BCUT2D eigenvalue weighted by Crippen LogP contribution is -2.11. The van der Waals surface area contributed by atoms with Crippen molar-refractivity contribution in [2.75, 3.05) is 5.73 Å². The number of anilines is 1. The Bertz CT molecular complexity index is 514. The Balaban J connectivity index is 2.25. The number of nitrogens with zero attached hydrogens (tertiary/aromatic N) is 4. The summed E-state index contributed by atoms with van der Waals surface area (Å²) in [5.74, 6) is 0.508. The molecule has 0 spiro atoms. The van der Waals surface area contributed by atoms with Gasteiger partial charge in [-0.25, -0.2) is 4.68 Å². The van der Waals surface area contributed by atoms with Crippen molar-refractivity contribution in [1.29, 1.82) is 0 Å². The van der Waals surface area contributed by atoms with E-state index in [0.717, 1.165) is 24.4 Å². The van der Waals surface area contributed by atoms with Crippen LogP contribution in [0, 0.1) is 6.92 Å². The van der Waals surface area contributed by atoms with Crippen LogP contribution in [0.3, 0.4) is 0 Å². The summed E-state index contributed by atoms with van der Waals surface area (Å²) in [5, 5.41) is 9.10. The minimum Gasteiger partial charge on any atom is -0.383 e. The SMILES string of the molecule is CCCn1nccc1Cn1nc(C)c(Cl)c1N. The number of hydrogen-bond donors (Lipinski definition) is 1. The minimum absolute atomic E-state index is 0.508. The van der Waals surface area contributed by atoms with Gasteiger partial charge in [0.05, 0.1) is 17.9 Å². The van der Waals surface area contributed by atoms with Crippen LogP contribution in [0.2, 0.25) is 5.02 Å². The largest absolute Gasteiger partial charge is 0.383 e. The molecule has 2 rings (SSSR count). The van der Waals surface area contributed by atoms with Gasteiger partial charge in [-0.05, 0) is 19.4 Å². The molecule has 0 aliphatic heterocycles. The Morgan fingerprint density at radius 1 is 1.41 bits per heavy atom. The van der Waals surface area contributed by atoms with E-state index in [-0.39, 0.29) is 0 Å². The van der Waals surface area contributed by atoms with Gasteiger partial charge in [-0.2, -0.15) is 10.2 Å². The van der Waals surface area contributed by atoms with Crippen LogP contribution in [0.15, 0.2) is 12.3 Å². The lowest BCUT2D eigenvalue weighted by molar-refractivity contribution is 0.548. The number of halogens is 1. The second-order valence-corrected chi connectivity index (χ2v) is 4.37. The highest BCUT2D eigenvalue weighted by molar-refractivity contribution is 6.33. The topological polar surface area (TPSA) is 61.7 Å². The van der Waals surface area contributed by atoms with E-state index in [2.05, 4.69) is 17.1 Å². The molecule has 0 saturated heterocycles. The summed E-state index contributed by atoms with van der Waals surface area (Å²) in [6.45, 7) is 5.46. The van der Waals surface area contributed by atoms with Crippen molar-refractivity contribution < 1.29 is 0 Å². The predicted molar refractivity (Wildman–Crippen MR) is 68.0 cm³/mol. The highest BCUT2D eigenvalue weighted by Gasteiger charge is 2.11. The zero-order valence-corrected chi connectivity index (χ0v) is 10.8. The molecule has 0 aliphatic carbocycles. The molecule has 17 heavy (non-hydrogen) atoms. The molecule has 0 saturated carbocycles. The van der Waals surface area contributed by atoms with Gasteiger partial charge in [0.2, 0.25) is 0 Å². The fourth-order valence-electron chi connectivity index (χ4n) is 1.76. The van der Waals surface area contributed by atoms with Crippen molar-refractivity contribution in [2.45, 2.75) is 33.4 Å². The molecule has 0 aliphatic rings. The number of aromatic nitrogens is 4. The van der Waals surface area contributed by atoms with Crippen LogP contribution in [-0.4, -0.2) is 19.6 Å². The van der Waals surface area contributed by atoms with Gasteiger partial charge in [0.1, 0.15) is 10.8 Å². The van der Waals surface area contributed by atoms with E-state index >= 15 is 0 Å². The van der Waals surface area contributed by atoms with Gasteiger partial charge in [-0.3, -0.25) is 4.68 Å². The second-order valence-electron chi connectivity index (χ2n) is 3.99.